The number of hydrogen-bond donors (Lipinski definition) is 1. The fraction of sp³-hybridized carbons (Fsp3) is 0.273. The molecule has 0 saturated heterocycles. The molecular formula is C11H13NO2. The molecule has 0 saturated carbocycles. The van der Waals surface area contributed by atoms with E-state index in [4.69, 9.17) is 9.47 Å². The van der Waals surface area contributed by atoms with Gasteiger partial charge in [0.2, 0.25) is 6.79 Å². The summed E-state index contributed by atoms with van der Waals surface area (Å²) in [4.78, 5) is 0. The van der Waals surface area contributed by atoms with E-state index < -0.39 is 0 Å². The monoisotopic (exact) mass is 191 g/mol. The van der Waals surface area contributed by atoms with Crippen LogP contribution in [0.3, 0.4) is 0 Å². The Labute approximate surface area is 83.3 Å². The summed E-state index contributed by atoms with van der Waals surface area (Å²) in [7, 11) is 0. The predicted octanol–water partition coefficient (Wildman–Crippen LogP) is 2.40. The topological polar surface area (TPSA) is 30.5 Å². The van der Waals surface area contributed by atoms with Crippen LogP contribution >= 0.6 is 0 Å². The fourth-order valence-corrected chi connectivity index (χ4v) is 1.26. The van der Waals surface area contributed by atoms with Gasteiger partial charge in [-0.25, -0.2) is 0 Å². The molecule has 14 heavy (non-hydrogen) atoms. The van der Waals surface area contributed by atoms with Crippen LogP contribution in [0, 0.1) is 0 Å². The van der Waals surface area contributed by atoms with Crippen LogP contribution in [0.5, 0.6) is 11.5 Å². The zero-order chi connectivity index (χ0) is 9.97. The summed E-state index contributed by atoms with van der Waals surface area (Å²) in [5, 5.41) is 3.24. The zero-order valence-electron chi connectivity index (χ0n) is 8.17. The van der Waals surface area contributed by atoms with Crippen molar-refractivity contribution in [3.8, 4) is 11.5 Å². The smallest absolute Gasteiger partial charge is 0.231 e. The van der Waals surface area contributed by atoms with E-state index in [9.17, 15) is 0 Å². The van der Waals surface area contributed by atoms with Gasteiger partial charge in [0.1, 0.15) is 0 Å². The summed E-state index contributed by atoms with van der Waals surface area (Å²) in [5.41, 5.74) is 2.12. The molecule has 1 aromatic carbocycles. The van der Waals surface area contributed by atoms with Gasteiger partial charge in [0.25, 0.3) is 0 Å². The van der Waals surface area contributed by atoms with E-state index in [1.165, 1.54) is 0 Å². The standard InChI is InChI=1S/C11H13NO2/c1-8(2)6-12-9-3-4-10-11(5-9)14-7-13-10/h3-5,12H,1,6-7H2,2H3. The van der Waals surface area contributed by atoms with E-state index in [1.807, 2.05) is 25.1 Å². The van der Waals surface area contributed by atoms with Crippen molar-refractivity contribution in [1.82, 2.24) is 0 Å². The van der Waals surface area contributed by atoms with Crippen molar-refractivity contribution < 1.29 is 9.47 Å². The lowest BCUT2D eigenvalue weighted by Crippen LogP contribution is -2.01. The molecule has 0 bridgehead atoms. The molecule has 2 rings (SSSR count). The maximum absolute atomic E-state index is 5.26. The normalized spacial score (nSPS) is 12.6. The number of anilines is 1. The maximum atomic E-state index is 5.26. The van der Waals surface area contributed by atoms with Crippen LogP contribution in [0.1, 0.15) is 6.92 Å². The quantitative estimate of drug-likeness (QED) is 0.744. The third kappa shape index (κ3) is 1.82. The predicted molar refractivity (Wildman–Crippen MR) is 55.9 cm³/mol. The Kier molecular flexibility index (Phi) is 2.31. The van der Waals surface area contributed by atoms with Gasteiger partial charge in [-0.15, -0.1) is 0 Å². The zero-order valence-corrected chi connectivity index (χ0v) is 8.17. The molecule has 1 aromatic rings. The molecule has 1 heterocycles. The van der Waals surface area contributed by atoms with Crippen molar-refractivity contribution in [1.29, 1.82) is 0 Å². The first-order valence-electron chi connectivity index (χ1n) is 4.53. The number of benzene rings is 1. The average molecular weight is 191 g/mol. The second kappa shape index (κ2) is 3.62. The Morgan fingerprint density at radius 2 is 2.21 bits per heavy atom. The Hall–Kier alpha value is -1.64. The van der Waals surface area contributed by atoms with Crippen LogP contribution in [0.2, 0.25) is 0 Å². The molecule has 0 atom stereocenters. The second-order valence-corrected chi connectivity index (χ2v) is 3.38. The first-order valence-corrected chi connectivity index (χ1v) is 4.53. The first-order chi connectivity index (χ1) is 6.75. The Balaban J connectivity index is 2.09. The lowest BCUT2D eigenvalue weighted by atomic mass is 10.2. The van der Waals surface area contributed by atoms with Crippen LogP contribution in [0.4, 0.5) is 5.69 Å². The van der Waals surface area contributed by atoms with Crippen LogP contribution in [0.15, 0.2) is 30.4 Å². The molecule has 0 amide bonds. The number of nitrogens with one attached hydrogen (secondary N) is 1. The van der Waals surface area contributed by atoms with Crippen LogP contribution in [-0.2, 0) is 0 Å². The minimum absolute atomic E-state index is 0.319. The van der Waals surface area contributed by atoms with E-state index in [0.717, 1.165) is 29.3 Å². The summed E-state index contributed by atoms with van der Waals surface area (Å²) in [6, 6.07) is 5.81. The van der Waals surface area contributed by atoms with Gasteiger partial charge in [0.05, 0.1) is 0 Å². The molecule has 1 aliphatic heterocycles. The Morgan fingerprint density at radius 3 is 3.00 bits per heavy atom. The second-order valence-electron chi connectivity index (χ2n) is 3.38. The highest BCUT2D eigenvalue weighted by Gasteiger charge is 2.12. The molecule has 1 N–H and O–H groups in total. The van der Waals surface area contributed by atoms with E-state index >= 15 is 0 Å². The summed E-state index contributed by atoms with van der Waals surface area (Å²) in [6.45, 7) is 6.91. The van der Waals surface area contributed by atoms with Gasteiger partial charge >= 0.3 is 0 Å². The van der Waals surface area contributed by atoms with Crippen molar-refractivity contribution in [2.75, 3.05) is 18.7 Å². The largest absolute Gasteiger partial charge is 0.454 e. The summed E-state index contributed by atoms with van der Waals surface area (Å²) >= 11 is 0. The van der Waals surface area contributed by atoms with Gasteiger partial charge in [-0.1, -0.05) is 12.2 Å². The molecule has 0 spiro atoms. The van der Waals surface area contributed by atoms with Gasteiger partial charge in [-0.3, -0.25) is 0 Å². The summed E-state index contributed by atoms with van der Waals surface area (Å²) < 4.78 is 10.5. The highest BCUT2D eigenvalue weighted by Crippen LogP contribution is 2.34. The maximum Gasteiger partial charge on any atom is 0.231 e. The summed E-state index contributed by atoms with van der Waals surface area (Å²) in [5.74, 6) is 1.61. The highest BCUT2D eigenvalue weighted by molar-refractivity contribution is 5.55. The van der Waals surface area contributed by atoms with Crippen molar-refractivity contribution in [2.45, 2.75) is 6.92 Å². The van der Waals surface area contributed by atoms with Crippen molar-refractivity contribution in [3.63, 3.8) is 0 Å². The van der Waals surface area contributed by atoms with Gasteiger partial charge < -0.3 is 14.8 Å². The van der Waals surface area contributed by atoms with Crippen LogP contribution < -0.4 is 14.8 Å². The van der Waals surface area contributed by atoms with Gasteiger partial charge in [-0.05, 0) is 19.1 Å². The van der Waals surface area contributed by atoms with E-state index in [0.29, 0.717) is 6.79 Å². The number of hydrogen-bond acceptors (Lipinski definition) is 3. The Bertz CT molecular complexity index is 360. The third-order valence-corrected chi connectivity index (χ3v) is 1.97. The van der Waals surface area contributed by atoms with Crippen molar-refractivity contribution >= 4 is 5.69 Å². The molecule has 0 radical (unpaired) electrons. The molecular weight excluding hydrogens is 178 g/mol. The van der Waals surface area contributed by atoms with Crippen LogP contribution in [0.25, 0.3) is 0 Å². The number of fused-ring (bicyclic) bond motifs is 1. The minimum atomic E-state index is 0.319. The molecule has 74 valence electrons. The number of rotatable bonds is 3. The van der Waals surface area contributed by atoms with E-state index in [-0.39, 0.29) is 0 Å². The Morgan fingerprint density at radius 1 is 1.43 bits per heavy atom. The number of ether oxygens (including phenoxy) is 2. The van der Waals surface area contributed by atoms with Gasteiger partial charge in [-0.2, -0.15) is 0 Å². The van der Waals surface area contributed by atoms with Gasteiger partial charge in [0, 0.05) is 18.3 Å². The van der Waals surface area contributed by atoms with Crippen molar-refractivity contribution in [2.24, 2.45) is 0 Å². The van der Waals surface area contributed by atoms with E-state index in [2.05, 4.69) is 11.9 Å². The lowest BCUT2D eigenvalue weighted by Gasteiger charge is -2.06. The fourth-order valence-electron chi connectivity index (χ4n) is 1.26. The lowest BCUT2D eigenvalue weighted by molar-refractivity contribution is 0.174. The molecule has 1 aliphatic rings. The highest BCUT2D eigenvalue weighted by atomic mass is 16.7. The molecule has 0 fully saturated rings. The molecule has 0 aromatic heterocycles. The van der Waals surface area contributed by atoms with Gasteiger partial charge in [0.15, 0.2) is 11.5 Å². The summed E-state index contributed by atoms with van der Waals surface area (Å²) in [6.07, 6.45) is 0. The van der Waals surface area contributed by atoms with Crippen molar-refractivity contribution in [3.05, 3.63) is 30.4 Å². The first kappa shape index (κ1) is 8.94. The molecule has 0 aliphatic carbocycles. The van der Waals surface area contributed by atoms with Crippen LogP contribution in [-0.4, -0.2) is 13.3 Å². The molecule has 3 nitrogen and oxygen atoms in total. The molecule has 0 unspecified atom stereocenters. The minimum Gasteiger partial charge on any atom is -0.454 e. The average Bonchev–Trinajstić information content (AvgIpc) is 2.61. The third-order valence-electron chi connectivity index (χ3n) is 1.97. The SMILES string of the molecule is C=C(C)CNc1ccc2c(c1)OCO2. The molecule has 3 heteroatoms. The van der Waals surface area contributed by atoms with E-state index in [1.54, 1.807) is 0 Å².